The van der Waals surface area contributed by atoms with Crippen LogP contribution in [0.15, 0.2) is 15.0 Å². The molecule has 0 atom stereocenters. The minimum absolute atomic E-state index is 0.445. The Morgan fingerprint density at radius 1 is 1.00 bits per heavy atom. The van der Waals surface area contributed by atoms with Gasteiger partial charge in [-0.1, -0.05) is 41.5 Å². The molecule has 1 N–H and O–H groups in total. The van der Waals surface area contributed by atoms with Gasteiger partial charge in [0.25, 0.3) is 0 Å². The summed E-state index contributed by atoms with van der Waals surface area (Å²) in [5.74, 6) is 2.22. The molecule has 5 nitrogen and oxygen atoms in total. The highest BCUT2D eigenvalue weighted by Crippen LogP contribution is 2.49. The SMILES string of the molecule is CC(C)COc1cc(Br)c2c(c1Br)NN(CC(C)C)N2OCC(C)C. The first-order valence-corrected chi connectivity index (χ1v) is 10.4. The average molecular weight is 479 g/mol. The highest BCUT2D eigenvalue weighted by atomic mass is 79.9. The topological polar surface area (TPSA) is 37.0 Å². The number of anilines is 2. The molecule has 0 spiro atoms. The summed E-state index contributed by atoms with van der Waals surface area (Å²) in [6, 6.07) is 2.00. The maximum atomic E-state index is 6.08. The summed E-state index contributed by atoms with van der Waals surface area (Å²) in [4.78, 5) is 6.08. The van der Waals surface area contributed by atoms with Crippen LogP contribution in [-0.4, -0.2) is 24.9 Å². The molecule has 0 radical (unpaired) electrons. The molecule has 2 rings (SSSR count). The molecule has 0 aliphatic carbocycles. The molecule has 0 amide bonds. The van der Waals surface area contributed by atoms with E-state index in [9.17, 15) is 0 Å². The third-order valence-corrected chi connectivity index (χ3v) is 4.84. The number of hydrogen-bond donors (Lipinski definition) is 1. The fraction of sp³-hybridized carbons (Fsp3) is 0.667. The van der Waals surface area contributed by atoms with Crippen molar-refractivity contribution in [3.8, 4) is 5.75 Å². The van der Waals surface area contributed by atoms with E-state index < -0.39 is 0 Å². The van der Waals surface area contributed by atoms with Gasteiger partial charge >= 0.3 is 0 Å². The first-order valence-electron chi connectivity index (χ1n) is 8.82. The number of halogens is 2. The van der Waals surface area contributed by atoms with Crippen molar-refractivity contribution in [2.45, 2.75) is 41.5 Å². The van der Waals surface area contributed by atoms with E-state index in [2.05, 4.69) is 78.8 Å². The predicted molar refractivity (Wildman–Crippen MR) is 111 cm³/mol. The zero-order valence-corrected chi connectivity index (χ0v) is 19.1. The predicted octanol–water partition coefficient (Wildman–Crippen LogP) is 5.85. The van der Waals surface area contributed by atoms with Gasteiger partial charge in [0.05, 0.1) is 27.8 Å². The van der Waals surface area contributed by atoms with E-state index in [1.54, 1.807) is 0 Å². The molecule has 0 unspecified atom stereocenters. The number of rotatable bonds is 8. The van der Waals surface area contributed by atoms with Crippen LogP contribution in [0.5, 0.6) is 5.75 Å². The van der Waals surface area contributed by atoms with E-state index in [4.69, 9.17) is 9.57 Å². The Morgan fingerprint density at radius 2 is 1.64 bits per heavy atom. The molecule has 0 saturated carbocycles. The third-order valence-electron chi connectivity index (χ3n) is 3.45. The van der Waals surface area contributed by atoms with Crippen molar-refractivity contribution in [2.24, 2.45) is 17.8 Å². The number of ether oxygens (including phenoxy) is 1. The smallest absolute Gasteiger partial charge is 0.136 e. The van der Waals surface area contributed by atoms with Gasteiger partial charge in [0.15, 0.2) is 0 Å². The Morgan fingerprint density at radius 3 is 2.20 bits per heavy atom. The van der Waals surface area contributed by atoms with Crippen molar-refractivity contribution in [3.05, 3.63) is 15.0 Å². The molecule has 1 aromatic rings. The molecule has 1 heterocycles. The molecular weight excluding hydrogens is 450 g/mol. The Balaban J connectivity index is 2.34. The third kappa shape index (κ3) is 5.25. The zero-order valence-electron chi connectivity index (χ0n) is 15.9. The molecule has 7 heteroatoms. The van der Waals surface area contributed by atoms with E-state index in [1.165, 1.54) is 0 Å². The van der Waals surface area contributed by atoms with Crippen LogP contribution in [0, 0.1) is 17.8 Å². The highest BCUT2D eigenvalue weighted by molar-refractivity contribution is 9.11. The Labute approximate surface area is 168 Å². The van der Waals surface area contributed by atoms with Gasteiger partial charge in [-0.3, -0.25) is 10.3 Å². The van der Waals surface area contributed by atoms with Crippen molar-refractivity contribution < 1.29 is 9.57 Å². The number of hydrazine groups is 2. The summed E-state index contributed by atoms with van der Waals surface area (Å²) in [5, 5.41) is 3.87. The van der Waals surface area contributed by atoms with E-state index >= 15 is 0 Å². The summed E-state index contributed by atoms with van der Waals surface area (Å²) in [6.07, 6.45) is 0. The van der Waals surface area contributed by atoms with E-state index in [0.717, 1.165) is 32.6 Å². The quantitative estimate of drug-likeness (QED) is 0.506. The van der Waals surface area contributed by atoms with Crippen LogP contribution in [-0.2, 0) is 4.84 Å². The van der Waals surface area contributed by atoms with Gasteiger partial charge in [0.1, 0.15) is 11.4 Å². The molecule has 1 aliphatic heterocycles. The number of benzene rings is 1. The molecule has 1 aromatic carbocycles. The number of fused-ring (bicyclic) bond motifs is 1. The van der Waals surface area contributed by atoms with Crippen molar-refractivity contribution in [1.82, 2.24) is 5.12 Å². The second kappa shape index (κ2) is 8.93. The van der Waals surface area contributed by atoms with E-state index in [-0.39, 0.29) is 0 Å². The fourth-order valence-electron chi connectivity index (χ4n) is 2.36. The monoisotopic (exact) mass is 477 g/mol. The van der Waals surface area contributed by atoms with Crippen LogP contribution >= 0.6 is 31.9 Å². The maximum Gasteiger partial charge on any atom is 0.136 e. The Kier molecular flexibility index (Phi) is 7.43. The lowest BCUT2D eigenvalue weighted by molar-refractivity contribution is -0.00361. The van der Waals surface area contributed by atoms with Gasteiger partial charge in [-0.2, -0.15) is 5.17 Å². The molecule has 25 heavy (non-hydrogen) atoms. The summed E-state index contributed by atoms with van der Waals surface area (Å²) in [6.45, 7) is 15.1. The first kappa shape index (κ1) is 20.8. The van der Waals surface area contributed by atoms with Crippen molar-refractivity contribution in [2.75, 3.05) is 30.4 Å². The van der Waals surface area contributed by atoms with E-state index in [1.807, 2.05) is 16.4 Å². The number of hydrogen-bond acceptors (Lipinski definition) is 5. The molecule has 0 saturated heterocycles. The molecular formula is C18H29Br2N3O2. The highest BCUT2D eigenvalue weighted by Gasteiger charge is 2.34. The maximum absolute atomic E-state index is 6.08. The Hall–Kier alpha value is -0.500. The lowest BCUT2D eigenvalue weighted by Gasteiger charge is -2.30. The minimum atomic E-state index is 0.445. The normalized spacial score (nSPS) is 14.6. The minimum Gasteiger partial charge on any atom is -0.492 e. The van der Waals surface area contributed by atoms with Crippen molar-refractivity contribution >= 4 is 43.2 Å². The van der Waals surface area contributed by atoms with E-state index in [0.29, 0.717) is 31.0 Å². The average Bonchev–Trinajstić information content (AvgIpc) is 2.85. The van der Waals surface area contributed by atoms with Crippen LogP contribution in [0.4, 0.5) is 11.4 Å². The number of nitrogens with one attached hydrogen (secondary N) is 1. The van der Waals surface area contributed by atoms with Gasteiger partial charge in [0.2, 0.25) is 0 Å². The van der Waals surface area contributed by atoms with Crippen LogP contribution in [0.25, 0.3) is 0 Å². The zero-order chi connectivity index (χ0) is 18.7. The van der Waals surface area contributed by atoms with Crippen LogP contribution < -0.4 is 15.3 Å². The van der Waals surface area contributed by atoms with Gasteiger partial charge in [-0.05, 0) is 55.7 Å². The summed E-state index contributed by atoms with van der Waals surface area (Å²) in [5.41, 5.74) is 5.37. The van der Waals surface area contributed by atoms with Crippen LogP contribution in [0.2, 0.25) is 0 Å². The summed E-state index contributed by atoms with van der Waals surface area (Å²) in [7, 11) is 0. The van der Waals surface area contributed by atoms with Gasteiger partial charge in [0, 0.05) is 6.54 Å². The standard InChI is InChI=1S/C18H29Br2N3O2/c1-11(2)8-22-21-17-16(20)15(24-9-12(3)4)7-14(19)18(17)23(22)25-10-13(5)6/h7,11-13,21H,8-10H2,1-6H3. The van der Waals surface area contributed by atoms with Crippen molar-refractivity contribution in [1.29, 1.82) is 0 Å². The van der Waals surface area contributed by atoms with Gasteiger partial charge in [-0.15, -0.1) is 5.12 Å². The van der Waals surface area contributed by atoms with Gasteiger partial charge in [-0.25, -0.2) is 0 Å². The van der Waals surface area contributed by atoms with Crippen molar-refractivity contribution in [3.63, 3.8) is 0 Å². The van der Waals surface area contributed by atoms with Crippen LogP contribution in [0.3, 0.4) is 0 Å². The molecule has 142 valence electrons. The lowest BCUT2D eigenvalue weighted by Crippen LogP contribution is -2.44. The molecule has 0 bridgehead atoms. The van der Waals surface area contributed by atoms with Crippen LogP contribution in [0.1, 0.15) is 41.5 Å². The van der Waals surface area contributed by atoms with Gasteiger partial charge < -0.3 is 4.74 Å². The summed E-state index contributed by atoms with van der Waals surface area (Å²) >= 11 is 7.39. The summed E-state index contributed by atoms with van der Waals surface area (Å²) < 4.78 is 7.81. The molecule has 0 aromatic heterocycles. The molecule has 0 fully saturated rings. The second-order valence-electron chi connectivity index (χ2n) is 7.65. The second-order valence-corrected chi connectivity index (χ2v) is 9.30. The Bertz CT molecular complexity index is 594. The number of nitrogens with zero attached hydrogens (tertiary/aromatic N) is 2. The fourth-order valence-corrected chi connectivity index (χ4v) is 3.42. The lowest BCUT2D eigenvalue weighted by atomic mass is 10.2. The molecule has 1 aliphatic rings. The first-order chi connectivity index (χ1) is 11.7. The largest absolute Gasteiger partial charge is 0.492 e.